The molecule has 196 valence electrons. The van der Waals surface area contributed by atoms with Gasteiger partial charge in [0.05, 0.1) is 11.1 Å². The number of carbonyl (C=O) groups excluding carboxylic acids is 1. The van der Waals surface area contributed by atoms with E-state index in [2.05, 4.69) is 35.2 Å². The average molecular weight is 564 g/mol. The van der Waals surface area contributed by atoms with E-state index in [1.807, 2.05) is 32.1 Å². The molecule has 3 aromatic rings. The first-order valence-electron chi connectivity index (χ1n) is 13.1. The van der Waals surface area contributed by atoms with Gasteiger partial charge in [0.1, 0.15) is 13.9 Å². The van der Waals surface area contributed by atoms with Gasteiger partial charge in [-0.2, -0.15) is 0 Å². The molecule has 3 aliphatic rings. The fourth-order valence-electron chi connectivity index (χ4n) is 5.99. The van der Waals surface area contributed by atoms with Crippen molar-refractivity contribution in [1.29, 1.82) is 0 Å². The Bertz CT molecular complexity index is 1620. The lowest BCUT2D eigenvalue weighted by Crippen LogP contribution is -2.33. The summed E-state index contributed by atoms with van der Waals surface area (Å²) in [6.45, 7) is 4.89. The number of thioether (sulfide) groups is 1. The van der Waals surface area contributed by atoms with Crippen LogP contribution in [0.1, 0.15) is 55.7 Å². The molecule has 6 rings (SSSR count). The second-order valence-electron chi connectivity index (χ2n) is 9.83. The number of hydrogen-bond acceptors (Lipinski definition) is 7. The van der Waals surface area contributed by atoms with Gasteiger partial charge in [0, 0.05) is 36.4 Å². The number of rotatable bonds is 5. The molecule has 1 amide bonds. The summed E-state index contributed by atoms with van der Waals surface area (Å²) in [7, 11) is 0. The van der Waals surface area contributed by atoms with E-state index in [0.29, 0.717) is 43.5 Å². The van der Waals surface area contributed by atoms with Crippen LogP contribution in [0.5, 0.6) is 0 Å². The highest BCUT2D eigenvalue weighted by Gasteiger charge is 2.42. The first kappa shape index (κ1) is 25.6. The number of thiocarbonyl (C=S) groups is 1. The van der Waals surface area contributed by atoms with Gasteiger partial charge >= 0.3 is 0 Å². The lowest BCUT2D eigenvalue weighted by Gasteiger charge is -2.27. The van der Waals surface area contributed by atoms with Crippen molar-refractivity contribution in [3.05, 3.63) is 78.7 Å². The van der Waals surface area contributed by atoms with E-state index in [1.165, 1.54) is 40.8 Å². The molecule has 1 N–H and O–H groups in total. The van der Waals surface area contributed by atoms with E-state index in [9.17, 15) is 14.7 Å². The molecule has 0 spiro atoms. The van der Waals surface area contributed by atoms with Crippen LogP contribution >= 0.6 is 35.3 Å². The normalized spacial score (nSPS) is 22.6. The Morgan fingerprint density at radius 1 is 1.08 bits per heavy atom. The quantitative estimate of drug-likeness (QED) is 0.473. The van der Waals surface area contributed by atoms with Gasteiger partial charge in [0.15, 0.2) is 0 Å². The predicted molar refractivity (Wildman–Crippen MR) is 159 cm³/mol. The maximum atomic E-state index is 13.4. The molecule has 9 heteroatoms. The Hall–Kier alpha value is -2.72. The van der Waals surface area contributed by atoms with Crippen molar-refractivity contribution < 1.29 is 9.90 Å². The van der Waals surface area contributed by atoms with Crippen LogP contribution in [0.4, 0.5) is 11.4 Å². The van der Waals surface area contributed by atoms with Crippen molar-refractivity contribution >= 4 is 67.9 Å². The van der Waals surface area contributed by atoms with Crippen LogP contribution in [0.3, 0.4) is 0 Å². The topological polar surface area (TPSA) is 65.8 Å². The SMILES string of the molecule is CCN1C(=O)C(=c2sc(=Cc3ccc4c(c3)C3CCCC3N4c3ccc(CO)cc3)c(=O)n2CC)SC1=S. The highest BCUT2D eigenvalue weighted by atomic mass is 32.2. The van der Waals surface area contributed by atoms with Crippen LogP contribution in [0.25, 0.3) is 11.0 Å². The van der Waals surface area contributed by atoms with E-state index >= 15 is 0 Å². The minimum absolute atomic E-state index is 0.0436. The first-order valence-corrected chi connectivity index (χ1v) is 15.1. The van der Waals surface area contributed by atoms with Gasteiger partial charge in [-0.25, -0.2) is 0 Å². The zero-order chi connectivity index (χ0) is 26.6. The molecule has 1 saturated heterocycles. The number of nitrogens with zero attached hydrogens (tertiary/aromatic N) is 3. The fraction of sp³-hybridized carbons (Fsp3) is 0.345. The van der Waals surface area contributed by atoms with Gasteiger partial charge in [0.2, 0.25) is 0 Å². The Balaban J connectivity index is 1.43. The van der Waals surface area contributed by atoms with Crippen molar-refractivity contribution in [2.45, 2.75) is 58.2 Å². The second kappa shape index (κ2) is 10.1. The van der Waals surface area contributed by atoms with E-state index < -0.39 is 0 Å². The van der Waals surface area contributed by atoms with Crippen LogP contribution in [0, 0.1) is 0 Å². The van der Waals surface area contributed by atoms with Crippen molar-refractivity contribution in [3.63, 3.8) is 0 Å². The summed E-state index contributed by atoms with van der Waals surface area (Å²) in [4.78, 5) is 30.9. The van der Waals surface area contributed by atoms with Crippen LogP contribution < -0.4 is 19.7 Å². The second-order valence-corrected chi connectivity index (χ2v) is 12.5. The molecule has 2 aliphatic heterocycles. The molecular weight excluding hydrogens is 535 g/mol. The summed E-state index contributed by atoms with van der Waals surface area (Å²) in [5.74, 6) is 0.348. The van der Waals surface area contributed by atoms with Gasteiger partial charge in [-0.05, 0) is 73.7 Å². The lowest BCUT2D eigenvalue weighted by molar-refractivity contribution is -0.120. The van der Waals surface area contributed by atoms with Crippen molar-refractivity contribution in [1.82, 2.24) is 9.47 Å². The van der Waals surface area contributed by atoms with Crippen LogP contribution in [0.15, 0.2) is 47.3 Å². The molecule has 1 aromatic heterocycles. The number of anilines is 2. The van der Waals surface area contributed by atoms with Crippen LogP contribution in [0.2, 0.25) is 0 Å². The summed E-state index contributed by atoms with van der Waals surface area (Å²) < 4.78 is 3.55. The van der Waals surface area contributed by atoms with Crippen molar-refractivity contribution in [3.8, 4) is 0 Å². The smallest absolute Gasteiger partial charge is 0.269 e. The van der Waals surface area contributed by atoms with E-state index in [4.69, 9.17) is 12.2 Å². The monoisotopic (exact) mass is 563 g/mol. The Labute approximate surface area is 234 Å². The maximum Gasteiger partial charge on any atom is 0.269 e. The molecule has 3 heterocycles. The summed E-state index contributed by atoms with van der Waals surface area (Å²) in [5.41, 5.74) is 5.55. The Morgan fingerprint density at radius 3 is 2.55 bits per heavy atom. The van der Waals surface area contributed by atoms with E-state index in [1.54, 1.807) is 9.47 Å². The zero-order valence-electron chi connectivity index (χ0n) is 21.3. The number of benzene rings is 2. The predicted octanol–water partition coefficient (Wildman–Crippen LogP) is 4.03. The lowest BCUT2D eigenvalue weighted by atomic mass is 9.96. The molecule has 0 radical (unpaired) electrons. The van der Waals surface area contributed by atoms with E-state index in [-0.39, 0.29) is 18.1 Å². The molecule has 2 fully saturated rings. The van der Waals surface area contributed by atoms with Gasteiger partial charge in [-0.3, -0.25) is 19.1 Å². The molecule has 2 aromatic carbocycles. The van der Waals surface area contributed by atoms with Gasteiger partial charge in [-0.1, -0.05) is 48.6 Å². The third-order valence-electron chi connectivity index (χ3n) is 7.80. The number of amides is 1. The number of fused-ring (bicyclic) bond motifs is 3. The van der Waals surface area contributed by atoms with Gasteiger partial charge in [-0.15, -0.1) is 11.3 Å². The maximum absolute atomic E-state index is 13.4. The Morgan fingerprint density at radius 2 is 1.87 bits per heavy atom. The number of aromatic nitrogens is 1. The number of carbonyl (C=O) groups is 1. The van der Waals surface area contributed by atoms with Crippen molar-refractivity contribution in [2.75, 3.05) is 11.4 Å². The molecule has 2 unspecified atom stereocenters. The van der Waals surface area contributed by atoms with Gasteiger partial charge in [0.25, 0.3) is 11.5 Å². The highest BCUT2D eigenvalue weighted by molar-refractivity contribution is 8.30. The first-order chi connectivity index (χ1) is 18.4. The van der Waals surface area contributed by atoms with Gasteiger partial charge < -0.3 is 10.0 Å². The van der Waals surface area contributed by atoms with Crippen LogP contribution in [-0.4, -0.2) is 37.4 Å². The molecule has 6 nitrogen and oxygen atoms in total. The number of thiazole rings is 1. The van der Waals surface area contributed by atoms with Crippen molar-refractivity contribution in [2.24, 2.45) is 0 Å². The minimum atomic E-state index is -0.116. The number of aliphatic hydroxyl groups excluding tert-OH is 1. The zero-order valence-corrected chi connectivity index (χ0v) is 23.8. The third-order valence-corrected chi connectivity index (χ3v) is 10.5. The summed E-state index contributed by atoms with van der Waals surface area (Å²) in [5, 5.41) is 9.45. The van der Waals surface area contributed by atoms with Crippen LogP contribution in [-0.2, 0) is 17.9 Å². The molecule has 1 saturated carbocycles. The fourth-order valence-corrected chi connectivity index (χ4v) is 8.70. The summed E-state index contributed by atoms with van der Waals surface area (Å²) in [6.07, 6.45) is 5.47. The summed E-state index contributed by atoms with van der Waals surface area (Å²) >= 11 is 8.06. The van der Waals surface area contributed by atoms with E-state index in [0.717, 1.165) is 29.7 Å². The average Bonchev–Trinajstić information content (AvgIpc) is 3.66. The molecule has 0 bridgehead atoms. The summed E-state index contributed by atoms with van der Waals surface area (Å²) in [6, 6.07) is 15.1. The Kier molecular flexibility index (Phi) is 6.80. The molecule has 2 atom stereocenters. The number of aliphatic hydroxyl groups is 1. The minimum Gasteiger partial charge on any atom is -0.392 e. The highest BCUT2D eigenvalue weighted by Crippen LogP contribution is 2.52. The largest absolute Gasteiger partial charge is 0.392 e. The molecular formula is C29H29N3O3S3. The molecule has 38 heavy (non-hydrogen) atoms. The number of hydrogen-bond donors (Lipinski definition) is 1. The standard InChI is InChI=1S/C29H29N3O3S3/c1-3-30-26(34)24(37-28(30)25-27(35)31(4-2)29(36)38-25)15-18-10-13-23-21(14-18)20-6-5-7-22(20)32(23)19-11-8-17(16-33)9-12-19/h8-15,20,22,33H,3-7,16H2,1-2H3. The third kappa shape index (κ3) is 4.07. The molecule has 1 aliphatic carbocycles.